The Kier molecular flexibility index (Phi) is 6.02. The van der Waals surface area contributed by atoms with E-state index in [-0.39, 0.29) is 0 Å². The van der Waals surface area contributed by atoms with E-state index in [0.29, 0.717) is 6.61 Å². The fraction of sp³-hybridized carbons (Fsp3) is 0.429. The van der Waals surface area contributed by atoms with E-state index in [4.69, 9.17) is 9.47 Å². The monoisotopic (exact) mass is 266 g/mol. The van der Waals surface area contributed by atoms with E-state index in [2.05, 4.69) is 4.74 Å². The Hall–Kier alpha value is -1.88. The van der Waals surface area contributed by atoms with Gasteiger partial charge in [0.05, 0.1) is 13.7 Å². The lowest BCUT2D eigenvalue weighted by atomic mass is 10.2. The van der Waals surface area contributed by atoms with Crippen LogP contribution in [0.2, 0.25) is 0 Å². The first-order chi connectivity index (χ1) is 9.04. The molecule has 1 rings (SSSR count). The van der Waals surface area contributed by atoms with E-state index in [9.17, 15) is 9.59 Å². The summed E-state index contributed by atoms with van der Waals surface area (Å²) in [6.45, 7) is 3.34. The number of benzene rings is 1. The molecule has 0 saturated carbocycles. The van der Waals surface area contributed by atoms with E-state index in [1.807, 2.05) is 30.3 Å². The first kappa shape index (κ1) is 15.2. The minimum Gasteiger partial charge on any atom is -0.466 e. The Morgan fingerprint density at radius 3 is 2.26 bits per heavy atom. The van der Waals surface area contributed by atoms with Gasteiger partial charge in [0.15, 0.2) is 12.2 Å². The Morgan fingerprint density at radius 2 is 1.68 bits per heavy atom. The smallest absolute Gasteiger partial charge is 0.346 e. The van der Waals surface area contributed by atoms with Crippen molar-refractivity contribution in [2.75, 3.05) is 7.11 Å². The first-order valence-corrected chi connectivity index (χ1v) is 5.98. The Labute approximate surface area is 112 Å². The lowest BCUT2D eigenvalue weighted by Gasteiger charge is -2.15. The number of hydrogen-bond acceptors (Lipinski definition) is 5. The number of rotatable bonds is 6. The zero-order valence-electron chi connectivity index (χ0n) is 11.3. The summed E-state index contributed by atoms with van der Waals surface area (Å²) in [4.78, 5) is 22.7. The molecule has 0 radical (unpaired) electrons. The van der Waals surface area contributed by atoms with Crippen molar-refractivity contribution in [2.45, 2.75) is 32.7 Å². The lowest BCUT2D eigenvalue weighted by Crippen LogP contribution is -2.31. The zero-order valence-corrected chi connectivity index (χ0v) is 11.3. The number of ether oxygens (including phenoxy) is 3. The molecular formula is C14H18O5. The summed E-state index contributed by atoms with van der Waals surface area (Å²) < 4.78 is 14.8. The molecule has 0 unspecified atom stereocenters. The van der Waals surface area contributed by atoms with Crippen molar-refractivity contribution in [3.63, 3.8) is 0 Å². The molecule has 104 valence electrons. The van der Waals surface area contributed by atoms with Gasteiger partial charge in [-0.3, -0.25) is 0 Å². The quantitative estimate of drug-likeness (QED) is 0.733. The predicted octanol–water partition coefficient (Wildman–Crippen LogP) is 1.70. The van der Waals surface area contributed by atoms with Gasteiger partial charge in [-0.2, -0.15) is 0 Å². The zero-order chi connectivity index (χ0) is 14.3. The first-order valence-electron chi connectivity index (χ1n) is 5.98. The average molecular weight is 266 g/mol. The number of carbonyl (C=O) groups is 2. The van der Waals surface area contributed by atoms with Crippen molar-refractivity contribution in [2.24, 2.45) is 0 Å². The standard InChI is InChI=1S/C14H18O5/c1-10(14(16)19-11(2)13(15)17-3)18-9-12-7-5-4-6-8-12/h4-8,10-11H,9H2,1-3H3/t10-,11-/m0/s1. The van der Waals surface area contributed by atoms with Crippen molar-refractivity contribution in [3.8, 4) is 0 Å². The van der Waals surface area contributed by atoms with Gasteiger partial charge in [0, 0.05) is 0 Å². The normalized spacial score (nSPS) is 13.4. The molecule has 0 N–H and O–H groups in total. The van der Waals surface area contributed by atoms with Crippen LogP contribution in [0.15, 0.2) is 30.3 Å². The summed E-state index contributed by atoms with van der Waals surface area (Å²) >= 11 is 0. The van der Waals surface area contributed by atoms with Crippen LogP contribution < -0.4 is 0 Å². The second-order valence-electron chi connectivity index (χ2n) is 4.04. The van der Waals surface area contributed by atoms with Crippen molar-refractivity contribution < 1.29 is 23.8 Å². The molecule has 0 heterocycles. The SMILES string of the molecule is COC(=O)[C@H](C)OC(=O)[C@H](C)OCc1ccccc1. The van der Waals surface area contributed by atoms with Gasteiger partial charge in [0.1, 0.15) is 0 Å². The summed E-state index contributed by atoms with van der Waals surface area (Å²) in [5.41, 5.74) is 0.961. The molecule has 0 saturated heterocycles. The molecule has 0 aliphatic heterocycles. The fourth-order valence-electron chi connectivity index (χ4n) is 1.35. The third-order valence-corrected chi connectivity index (χ3v) is 2.50. The maximum Gasteiger partial charge on any atom is 0.346 e. The maximum atomic E-state index is 11.6. The van der Waals surface area contributed by atoms with Crippen LogP contribution in [-0.2, 0) is 30.4 Å². The van der Waals surface area contributed by atoms with Crippen LogP contribution in [0, 0.1) is 0 Å². The third-order valence-electron chi connectivity index (χ3n) is 2.50. The van der Waals surface area contributed by atoms with Crippen LogP contribution in [0.1, 0.15) is 19.4 Å². The molecule has 5 heteroatoms. The van der Waals surface area contributed by atoms with Crippen LogP contribution in [0.5, 0.6) is 0 Å². The number of esters is 2. The van der Waals surface area contributed by atoms with Crippen LogP contribution >= 0.6 is 0 Å². The van der Waals surface area contributed by atoms with Crippen molar-refractivity contribution in [1.82, 2.24) is 0 Å². The molecule has 0 aliphatic carbocycles. The molecule has 0 amide bonds. The third kappa shape index (κ3) is 5.09. The van der Waals surface area contributed by atoms with Gasteiger partial charge in [-0.05, 0) is 19.4 Å². The predicted molar refractivity (Wildman–Crippen MR) is 68.3 cm³/mol. The van der Waals surface area contributed by atoms with Crippen LogP contribution in [0.4, 0.5) is 0 Å². The highest BCUT2D eigenvalue weighted by atomic mass is 16.6. The summed E-state index contributed by atoms with van der Waals surface area (Å²) in [5, 5.41) is 0. The van der Waals surface area contributed by atoms with Gasteiger partial charge < -0.3 is 14.2 Å². The number of hydrogen-bond donors (Lipinski definition) is 0. The summed E-state index contributed by atoms with van der Waals surface area (Å²) in [5.74, 6) is -1.18. The minimum atomic E-state index is -0.930. The second-order valence-corrected chi connectivity index (χ2v) is 4.04. The van der Waals surface area contributed by atoms with Gasteiger partial charge in [-0.25, -0.2) is 9.59 Å². The van der Waals surface area contributed by atoms with Crippen LogP contribution in [-0.4, -0.2) is 31.3 Å². The summed E-state index contributed by atoms with van der Waals surface area (Å²) in [7, 11) is 1.24. The van der Waals surface area contributed by atoms with Crippen LogP contribution in [0.3, 0.4) is 0 Å². The summed E-state index contributed by atoms with van der Waals surface area (Å²) in [6.07, 6.45) is -1.67. The average Bonchev–Trinajstić information content (AvgIpc) is 2.44. The maximum absolute atomic E-state index is 11.6. The largest absolute Gasteiger partial charge is 0.466 e. The molecule has 0 spiro atoms. The summed E-state index contributed by atoms with van der Waals surface area (Å²) in [6, 6.07) is 9.48. The molecule has 2 atom stereocenters. The van der Waals surface area contributed by atoms with E-state index in [1.165, 1.54) is 14.0 Å². The van der Waals surface area contributed by atoms with E-state index in [1.54, 1.807) is 6.92 Å². The molecule has 0 aliphatic rings. The van der Waals surface area contributed by atoms with Crippen molar-refractivity contribution in [3.05, 3.63) is 35.9 Å². The molecule has 0 bridgehead atoms. The Bertz CT molecular complexity index is 415. The highest BCUT2D eigenvalue weighted by Crippen LogP contribution is 2.06. The molecule has 5 nitrogen and oxygen atoms in total. The minimum absolute atomic E-state index is 0.309. The van der Waals surface area contributed by atoms with Gasteiger partial charge in [0.25, 0.3) is 0 Å². The molecule has 1 aromatic rings. The van der Waals surface area contributed by atoms with Gasteiger partial charge >= 0.3 is 11.9 Å². The topological polar surface area (TPSA) is 61.8 Å². The van der Waals surface area contributed by atoms with Crippen molar-refractivity contribution >= 4 is 11.9 Å². The highest BCUT2D eigenvalue weighted by Gasteiger charge is 2.22. The van der Waals surface area contributed by atoms with E-state index < -0.39 is 24.1 Å². The molecule has 0 aromatic heterocycles. The van der Waals surface area contributed by atoms with Gasteiger partial charge in [0.2, 0.25) is 0 Å². The second kappa shape index (κ2) is 7.53. The number of carbonyl (C=O) groups excluding carboxylic acids is 2. The molecule has 1 aromatic carbocycles. The van der Waals surface area contributed by atoms with E-state index in [0.717, 1.165) is 5.56 Å². The lowest BCUT2D eigenvalue weighted by molar-refractivity contribution is -0.172. The van der Waals surface area contributed by atoms with Gasteiger partial charge in [-0.1, -0.05) is 30.3 Å². The van der Waals surface area contributed by atoms with Crippen LogP contribution in [0.25, 0.3) is 0 Å². The Balaban J connectivity index is 2.39. The molecule has 19 heavy (non-hydrogen) atoms. The molecule has 0 fully saturated rings. The molecular weight excluding hydrogens is 248 g/mol. The van der Waals surface area contributed by atoms with E-state index >= 15 is 0 Å². The van der Waals surface area contributed by atoms with Crippen molar-refractivity contribution in [1.29, 1.82) is 0 Å². The number of methoxy groups -OCH3 is 1. The fourth-order valence-corrected chi connectivity index (χ4v) is 1.35. The van der Waals surface area contributed by atoms with Gasteiger partial charge in [-0.15, -0.1) is 0 Å². The highest BCUT2D eigenvalue weighted by molar-refractivity contribution is 5.80. The Morgan fingerprint density at radius 1 is 1.05 bits per heavy atom.